The fourth-order valence-electron chi connectivity index (χ4n) is 1.85. The van der Waals surface area contributed by atoms with Gasteiger partial charge in [-0.05, 0) is 35.9 Å². The van der Waals surface area contributed by atoms with E-state index in [9.17, 15) is 4.39 Å². The lowest BCUT2D eigenvalue weighted by Crippen LogP contribution is -1.83. The lowest BCUT2D eigenvalue weighted by atomic mass is 10.2. The molecule has 0 unspecified atom stereocenters. The van der Waals surface area contributed by atoms with Gasteiger partial charge in [-0.25, -0.2) is 9.37 Å². The number of fused-ring (bicyclic) bond motifs is 1. The Labute approximate surface area is 114 Å². The molecule has 1 aromatic heterocycles. The average molecular weight is 273 g/mol. The zero-order valence-electron chi connectivity index (χ0n) is 10.1. The summed E-state index contributed by atoms with van der Waals surface area (Å²) in [5, 5.41) is 0.810. The van der Waals surface area contributed by atoms with Gasteiger partial charge in [0.1, 0.15) is 5.82 Å². The summed E-state index contributed by atoms with van der Waals surface area (Å²) in [7, 11) is 0. The first-order valence-electron chi connectivity index (χ1n) is 5.83. The minimum absolute atomic E-state index is 0.213. The van der Waals surface area contributed by atoms with Crippen molar-refractivity contribution in [2.45, 2.75) is 10.9 Å². The van der Waals surface area contributed by atoms with E-state index >= 15 is 0 Å². The molecule has 0 atom stereocenters. The van der Waals surface area contributed by atoms with Crippen molar-refractivity contribution in [2.75, 3.05) is 5.73 Å². The number of nitrogens with zero attached hydrogens (tertiary/aromatic N) is 1. The van der Waals surface area contributed by atoms with Crippen LogP contribution in [-0.2, 0) is 5.75 Å². The molecule has 0 aliphatic carbocycles. The number of thioether (sulfide) groups is 1. The van der Waals surface area contributed by atoms with Crippen LogP contribution in [0.3, 0.4) is 0 Å². The summed E-state index contributed by atoms with van der Waals surface area (Å²) in [6.45, 7) is 0. The number of aromatic amines is 1. The second kappa shape index (κ2) is 4.93. The van der Waals surface area contributed by atoms with Crippen LogP contribution in [0.1, 0.15) is 5.56 Å². The maximum Gasteiger partial charge on any atom is 0.166 e. The highest BCUT2D eigenvalue weighted by Crippen LogP contribution is 2.24. The molecule has 96 valence electrons. The molecule has 3 aromatic rings. The van der Waals surface area contributed by atoms with Crippen LogP contribution in [-0.4, -0.2) is 9.97 Å². The first-order chi connectivity index (χ1) is 9.20. The molecule has 0 saturated heterocycles. The molecule has 5 heteroatoms. The lowest BCUT2D eigenvalue weighted by molar-refractivity contribution is 0.626. The predicted molar refractivity (Wildman–Crippen MR) is 76.5 cm³/mol. The third kappa shape index (κ3) is 2.71. The topological polar surface area (TPSA) is 54.7 Å². The van der Waals surface area contributed by atoms with E-state index in [0.29, 0.717) is 11.4 Å². The number of benzene rings is 2. The molecule has 0 aliphatic heterocycles. The summed E-state index contributed by atoms with van der Waals surface area (Å²) in [6, 6.07) is 12.2. The van der Waals surface area contributed by atoms with Gasteiger partial charge in [-0.3, -0.25) is 0 Å². The molecule has 3 rings (SSSR count). The summed E-state index contributed by atoms with van der Waals surface area (Å²) >= 11 is 1.54. The van der Waals surface area contributed by atoms with Crippen LogP contribution < -0.4 is 5.73 Å². The van der Waals surface area contributed by atoms with E-state index in [0.717, 1.165) is 21.8 Å². The van der Waals surface area contributed by atoms with E-state index in [1.807, 2.05) is 24.3 Å². The van der Waals surface area contributed by atoms with Crippen molar-refractivity contribution in [3.8, 4) is 0 Å². The number of anilines is 1. The monoisotopic (exact) mass is 273 g/mol. The number of nitrogen functional groups attached to an aromatic ring is 1. The summed E-state index contributed by atoms with van der Waals surface area (Å²) in [6.07, 6.45) is 0. The van der Waals surface area contributed by atoms with Crippen molar-refractivity contribution >= 4 is 28.5 Å². The molecular formula is C14H12FN3S. The van der Waals surface area contributed by atoms with Crippen LogP contribution in [0.25, 0.3) is 11.0 Å². The standard InChI is InChI=1S/C14H12FN3S/c15-10-3-1-2-9(6-10)8-19-14-17-12-5-4-11(16)7-13(12)18-14/h1-7H,8,16H2,(H,17,18). The van der Waals surface area contributed by atoms with Gasteiger partial charge in [-0.15, -0.1) is 0 Å². The van der Waals surface area contributed by atoms with Crippen LogP contribution in [0.4, 0.5) is 10.1 Å². The molecule has 0 amide bonds. The van der Waals surface area contributed by atoms with Crippen molar-refractivity contribution in [1.82, 2.24) is 9.97 Å². The van der Waals surface area contributed by atoms with Crippen molar-refractivity contribution in [2.24, 2.45) is 0 Å². The Bertz CT molecular complexity index is 724. The Balaban J connectivity index is 1.78. The molecule has 2 aromatic carbocycles. The third-order valence-corrected chi connectivity index (χ3v) is 3.69. The molecular weight excluding hydrogens is 261 g/mol. The summed E-state index contributed by atoms with van der Waals surface area (Å²) in [5.74, 6) is 0.461. The number of hydrogen-bond acceptors (Lipinski definition) is 3. The first-order valence-corrected chi connectivity index (χ1v) is 6.82. The van der Waals surface area contributed by atoms with Gasteiger partial charge in [0, 0.05) is 11.4 Å². The van der Waals surface area contributed by atoms with Gasteiger partial charge >= 0.3 is 0 Å². The Morgan fingerprint density at radius 2 is 2.11 bits per heavy atom. The number of H-pyrrole nitrogens is 1. The van der Waals surface area contributed by atoms with Gasteiger partial charge < -0.3 is 10.7 Å². The number of halogens is 1. The van der Waals surface area contributed by atoms with Gasteiger partial charge in [-0.1, -0.05) is 23.9 Å². The fourth-order valence-corrected chi connectivity index (χ4v) is 2.68. The van der Waals surface area contributed by atoms with E-state index in [4.69, 9.17) is 5.73 Å². The minimum Gasteiger partial charge on any atom is -0.399 e. The van der Waals surface area contributed by atoms with Crippen molar-refractivity contribution in [1.29, 1.82) is 0 Å². The van der Waals surface area contributed by atoms with Gasteiger partial charge in [0.25, 0.3) is 0 Å². The Kier molecular flexibility index (Phi) is 3.13. The van der Waals surface area contributed by atoms with Crippen molar-refractivity contribution in [3.05, 3.63) is 53.8 Å². The number of nitrogens with one attached hydrogen (secondary N) is 1. The Morgan fingerprint density at radius 1 is 1.21 bits per heavy atom. The van der Waals surface area contributed by atoms with Gasteiger partial charge in [-0.2, -0.15) is 0 Å². The van der Waals surface area contributed by atoms with E-state index in [1.165, 1.54) is 23.9 Å². The quantitative estimate of drug-likeness (QED) is 0.566. The number of hydrogen-bond donors (Lipinski definition) is 2. The molecule has 0 aliphatic rings. The van der Waals surface area contributed by atoms with Crippen LogP contribution in [0.5, 0.6) is 0 Å². The summed E-state index contributed by atoms with van der Waals surface area (Å²) < 4.78 is 13.1. The zero-order chi connectivity index (χ0) is 13.2. The molecule has 19 heavy (non-hydrogen) atoms. The molecule has 0 radical (unpaired) electrons. The second-order valence-corrected chi connectivity index (χ2v) is 5.20. The largest absolute Gasteiger partial charge is 0.399 e. The van der Waals surface area contributed by atoms with Crippen molar-refractivity contribution in [3.63, 3.8) is 0 Å². The van der Waals surface area contributed by atoms with Crippen LogP contribution in [0.15, 0.2) is 47.6 Å². The molecule has 0 saturated carbocycles. The fraction of sp³-hybridized carbons (Fsp3) is 0.0714. The highest BCUT2D eigenvalue weighted by Gasteiger charge is 2.04. The van der Waals surface area contributed by atoms with E-state index < -0.39 is 0 Å². The van der Waals surface area contributed by atoms with Crippen LogP contribution in [0, 0.1) is 5.82 Å². The second-order valence-electron chi connectivity index (χ2n) is 4.24. The van der Waals surface area contributed by atoms with E-state index in [2.05, 4.69) is 9.97 Å². The molecule has 0 fully saturated rings. The van der Waals surface area contributed by atoms with Crippen molar-refractivity contribution < 1.29 is 4.39 Å². The van der Waals surface area contributed by atoms with Gasteiger partial charge in [0.2, 0.25) is 0 Å². The van der Waals surface area contributed by atoms with E-state index in [-0.39, 0.29) is 5.82 Å². The minimum atomic E-state index is -0.213. The molecule has 3 nitrogen and oxygen atoms in total. The van der Waals surface area contributed by atoms with Gasteiger partial charge in [0.15, 0.2) is 5.16 Å². The normalized spacial score (nSPS) is 11.0. The Hall–Kier alpha value is -2.01. The molecule has 0 spiro atoms. The maximum atomic E-state index is 13.1. The number of rotatable bonds is 3. The highest BCUT2D eigenvalue weighted by molar-refractivity contribution is 7.98. The zero-order valence-corrected chi connectivity index (χ0v) is 10.9. The predicted octanol–water partition coefficient (Wildman–Crippen LogP) is 3.58. The molecule has 1 heterocycles. The summed E-state index contributed by atoms with van der Waals surface area (Å²) in [4.78, 5) is 7.65. The van der Waals surface area contributed by atoms with E-state index in [1.54, 1.807) is 6.07 Å². The summed E-state index contributed by atoms with van der Waals surface area (Å²) in [5.41, 5.74) is 9.16. The smallest absolute Gasteiger partial charge is 0.166 e. The lowest BCUT2D eigenvalue weighted by Gasteiger charge is -1.98. The number of aromatic nitrogens is 2. The average Bonchev–Trinajstić information content (AvgIpc) is 2.78. The number of imidazole rings is 1. The van der Waals surface area contributed by atoms with Gasteiger partial charge in [0.05, 0.1) is 11.0 Å². The first kappa shape index (κ1) is 12.0. The maximum absolute atomic E-state index is 13.1. The highest BCUT2D eigenvalue weighted by atomic mass is 32.2. The SMILES string of the molecule is Nc1ccc2nc(SCc3cccc(F)c3)[nH]c2c1. The Morgan fingerprint density at radius 3 is 2.95 bits per heavy atom. The molecule has 0 bridgehead atoms. The number of nitrogens with two attached hydrogens (primary N) is 1. The third-order valence-electron chi connectivity index (χ3n) is 2.75. The molecule has 3 N–H and O–H groups in total. The van der Waals surface area contributed by atoms with Crippen LogP contribution in [0.2, 0.25) is 0 Å². The van der Waals surface area contributed by atoms with Crippen LogP contribution >= 0.6 is 11.8 Å².